The fraction of sp³-hybridized carbons (Fsp3) is 0.818. The van der Waals surface area contributed by atoms with E-state index in [1.165, 1.54) is 19.3 Å². The predicted molar refractivity (Wildman–Crippen MR) is 69.6 cm³/mol. The van der Waals surface area contributed by atoms with Crippen LogP contribution in [0.15, 0.2) is 0 Å². The molecule has 0 aliphatic rings. The molecule has 100 valence electrons. The van der Waals surface area contributed by atoms with Gasteiger partial charge in [-0.1, -0.05) is 32.6 Å². The minimum Gasteiger partial charge on any atom is -0.480 e. The van der Waals surface area contributed by atoms with E-state index in [0.29, 0.717) is 6.42 Å². The fourth-order valence-electron chi connectivity index (χ4n) is 1.22. The van der Waals surface area contributed by atoms with Gasteiger partial charge in [-0.2, -0.15) is 0 Å². The van der Waals surface area contributed by atoms with Gasteiger partial charge in [-0.15, -0.1) is 0 Å². The molecule has 0 bridgehead atoms. The van der Waals surface area contributed by atoms with E-state index in [-0.39, 0.29) is 11.7 Å². The second-order valence-electron chi connectivity index (χ2n) is 3.95. The number of nitrogens with one attached hydrogen (secondary N) is 1. The van der Waals surface area contributed by atoms with Gasteiger partial charge < -0.3 is 15.6 Å². The van der Waals surface area contributed by atoms with Crippen LogP contribution in [0, 0.1) is 0 Å². The number of carboxylic acids is 1. The molecule has 0 aromatic heterocycles. The number of carbonyl (C=O) groups is 2. The first-order chi connectivity index (χ1) is 8.07. The quantitative estimate of drug-likeness (QED) is 0.410. The van der Waals surface area contributed by atoms with Crippen LogP contribution < -0.4 is 10.5 Å². The number of carbonyl (C=O) groups excluding carboxylic acids is 1. The summed E-state index contributed by atoms with van der Waals surface area (Å²) >= 11 is 1.06. The molecule has 6 heteroatoms. The highest BCUT2D eigenvalue weighted by Crippen LogP contribution is 2.06. The summed E-state index contributed by atoms with van der Waals surface area (Å²) in [7, 11) is 0. The molecule has 0 saturated heterocycles. The largest absolute Gasteiger partial charge is 0.480 e. The molecule has 0 fully saturated rings. The Morgan fingerprint density at radius 3 is 2.53 bits per heavy atom. The summed E-state index contributed by atoms with van der Waals surface area (Å²) in [6.45, 7) is 2.15. The zero-order chi connectivity index (χ0) is 13.1. The van der Waals surface area contributed by atoms with Crippen molar-refractivity contribution in [1.82, 2.24) is 4.72 Å². The minimum absolute atomic E-state index is 0.0518. The van der Waals surface area contributed by atoms with Crippen molar-refractivity contribution in [2.24, 2.45) is 5.73 Å². The maximum absolute atomic E-state index is 11.3. The van der Waals surface area contributed by atoms with Gasteiger partial charge in [0.1, 0.15) is 6.04 Å². The molecule has 0 aromatic rings. The molecule has 0 aliphatic carbocycles. The fourth-order valence-corrected chi connectivity index (χ4v) is 1.89. The van der Waals surface area contributed by atoms with Crippen LogP contribution in [0.3, 0.4) is 0 Å². The summed E-state index contributed by atoms with van der Waals surface area (Å²) in [5.41, 5.74) is 5.29. The van der Waals surface area contributed by atoms with Gasteiger partial charge in [0.2, 0.25) is 5.91 Å². The maximum Gasteiger partial charge on any atom is 0.321 e. The van der Waals surface area contributed by atoms with E-state index in [2.05, 4.69) is 11.6 Å². The Hall–Kier alpha value is -0.750. The van der Waals surface area contributed by atoms with Gasteiger partial charge in [0.25, 0.3) is 0 Å². The number of carboxylic acid groups (broad SMARTS) is 1. The number of aliphatic carboxylic acids is 1. The molecule has 0 heterocycles. The smallest absolute Gasteiger partial charge is 0.321 e. The van der Waals surface area contributed by atoms with Gasteiger partial charge in [-0.25, -0.2) is 0 Å². The Morgan fingerprint density at radius 1 is 1.29 bits per heavy atom. The van der Waals surface area contributed by atoms with Gasteiger partial charge in [-0.3, -0.25) is 9.59 Å². The van der Waals surface area contributed by atoms with E-state index in [1.54, 1.807) is 0 Å². The average molecular weight is 262 g/mol. The van der Waals surface area contributed by atoms with Crippen LogP contribution in [0.4, 0.5) is 0 Å². The molecule has 0 saturated carbocycles. The number of rotatable bonds is 10. The Morgan fingerprint density at radius 2 is 1.94 bits per heavy atom. The first-order valence-corrected chi connectivity index (χ1v) is 6.95. The standard InChI is InChI=1S/C11H22N2O3S/c1-2-3-4-5-6-7-10(14)13-17-8-9(12)11(15)16/h9H,2-8,12H2,1H3,(H,13,14)(H,15,16)/t9-/m0/s1. The summed E-state index contributed by atoms with van der Waals surface area (Å²) < 4.78 is 2.59. The number of hydrogen-bond donors (Lipinski definition) is 3. The molecular weight excluding hydrogens is 240 g/mol. The van der Waals surface area contributed by atoms with Crippen molar-refractivity contribution < 1.29 is 14.7 Å². The summed E-state index contributed by atoms with van der Waals surface area (Å²) in [5, 5.41) is 8.52. The Labute approximate surface area is 107 Å². The molecule has 1 atom stereocenters. The normalized spacial score (nSPS) is 12.1. The molecule has 0 radical (unpaired) electrons. The molecule has 17 heavy (non-hydrogen) atoms. The minimum atomic E-state index is -1.05. The predicted octanol–water partition coefficient (Wildman–Crippen LogP) is 1.52. The molecule has 4 N–H and O–H groups in total. The van der Waals surface area contributed by atoms with E-state index in [4.69, 9.17) is 10.8 Å². The Kier molecular flexibility index (Phi) is 9.95. The van der Waals surface area contributed by atoms with Crippen molar-refractivity contribution in [3.63, 3.8) is 0 Å². The van der Waals surface area contributed by atoms with Crippen LogP contribution in [-0.2, 0) is 9.59 Å². The van der Waals surface area contributed by atoms with Crippen LogP contribution in [0.1, 0.15) is 45.4 Å². The number of unbranched alkanes of at least 4 members (excludes halogenated alkanes) is 4. The lowest BCUT2D eigenvalue weighted by Gasteiger charge is -2.07. The lowest BCUT2D eigenvalue weighted by molar-refractivity contribution is -0.138. The van der Waals surface area contributed by atoms with Crippen molar-refractivity contribution in [2.45, 2.75) is 51.5 Å². The Balaban J connectivity index is 3.38. The van der Waals surface area contributed by atoms with E-state index >= 15 is 0 Å². The van der Waals surface area contributed by atoms with Gasteiger partial charge in [0.05, 0.1) is 0 Å². The lowest BCUT2D eigenvalue weighted by atomic mass is 10.1. The molecular formula is C11H22N2O3S. The maximum atomic E-state index is 11.3. The third-order valence-corrected chi connectivity index (χ3v) is 3.17. The summed E-state index contributed by atoms with van der Waals surface area (Å²) in [6, 6.07) is -0.926. The van der Waals surface area contributed by atoms with Gasteiger partial charge in [0, 0.05) is 12.2 Å². The van der Waals surface area contributed by atoms with Crippen LogP contribution in [0.25, 0.3) is 0 Å². The molecule has 5 nitrogen and oxygen atoms in total. The second-order valence-corrected chi connectivity index (χ2v) is 4.77. The van der Waals surface area contributed by atoms with Crippen LogP contribution in [0.2, 0.25) is 0 Å². The highest BCUT2D eigenvalue weighted by molar-refractivity contribution is 7.98. The molecule has 0 aromatic carbocycles. The molecule has 0 unspecified atom stereocenters. The van der Waals surface area contributed by atoms with Crippen LogP contribution in [-0.4, -0.2) is 28.8 Å². The van der Waals surface area contributed by atoms with Crippen molar-refractivity contribution in [3.05, 3.63) is 0 Å². The monoisotopic (exact) mass is 262 g/mol. The second kappa shape index (κ2) is 10.4. The summed E-state index contributed by atoms with van der Waals surface area (Å²) in [6.07, 6.45) is 6.02. The summed E-state index contributed by atoms with van der Waals surface area (Å²) in [5.74, 6) is -0.910. The van der Waals surface area contributed by atoms with Gasteiger partial charge in [0.15, 0.2) is 0 Å². The lowest BCUT2D eigenvalue weighted by Crippen LogP contribution is -2.34. The van der Waals surface area contributed by atoms with Crippen LogP contribution >= 0.6 is 11.9 Å². The highest BCUT2D eigenvalue weighted by Gasteiger charge is 2.11. The number of nitrogens with two attached hydrogens (primary N) is 1. The van der Waals surface area contributed by atoms with Gasteiger partial charge in [-0.05, 0) is 18.4 Å². The summed E-state index contributed by atoms with van der Waals surface area (Å²) in [4.78, 5) is 21.7. The van der Waals surface area contributed by atoms with Crippen molar-refractivity contribution in [2.75, 3.05) is 5.75 Å². The highest BCUT2D eigenvalue weighted by atomic mass is 32.2. The first kappa shape index (κ1) is 16.2. The van der Waals surface area contributed by atoms with Gasteiger partial charge >= 0.3 is 5.97 Å². The van der Waals surface area contributed by atoms with E-state index in [9.17, 15) is 9.59 Å². The van der Waals surface area contributed by atoms with Crippen molar-refractivity contribution in [1.29, 1.82) is 0 Å². The van der Waals surface area contributed by atoms with E-state index in [1.807, 2.05) is 0 Å². The van der Waals surface area contributed by atoms with Crippen LogP contribution in [0.5, 0.6) is 0 Å². The molecule has 0 aliphatic heterocycles. The van der Waals surface area contributed by atoms with Crippen molar-refractivity contribution in [3.8, 4) is 0 Å². The first-order valence-electron chi connectivity index (χ1n) is 5.97. The number of amides is 1. The van der Waals surface area contributed by atoms with E-state index in [0.717, 1.165) is 24.8 Å². The average Bonchev–Trinajstić information content (AvgIpc) is 2.28. The zero-order valence-electron chi connectivity index (χ0n) is 10.3. The third kappa shape index (κ3) is 10.1. The Bertz CT molecular complexity index is 237. The topological polar surface area (TPSA) is 92.4 Å². The SMILES string of the molecule is CCCCCCCC(=O)NSC[C@H](N)C(=O)O. The molecule has 0 rings (SSSR count). The van der Waals surface area contributed by atoms with Crippen molar-refractivity contribution >= 4 is 23.8 Å². The zero-order valence-corrected chi connectivity index (χ0v) is 11.1. The number of hydrogen-bond acceptors (Lipinski definition) is 4. The molecule has 1 amide bonds. The van der Waals surface area contributed by atoms with E-state index < -0.39 is 12.0 Å². The molecule has 0 spiro atoms. The third-order valence-electron chi connectivity index (χ3n) is 2.27.